The molecule has 0 saturated heterocycles. The van der Waals surface area contributed by atoms with Crippen molar-refractivity contribution in [2.45, 2.75) is 25.8 Å². The summed E-state index contributed by atoms with van der Waals surface area (Å²) in [6.07, 6.45) is 1.85. The Balaban J connectivity index is 1.74. The summed E-state index contributed by atoms with van der Waals surface area (Å²) in [6.45, 7) is 3.14. The minimum absolute atomic E-state index is 0.119. The number of primary amides is 2. The van der Waals surface area contributed by atoms with Crippen molar-refractivity contribution >= 4 is 34.7 Å². The van der Waals surface area contributed by atoms with E-state index in [1.165, 1.54) is 28.6 Å². The Hall–Kier alpha value is -2.71. The zero-order valence-corrected chi connectivity index (χ0v) is 15.8. The number of anilines is 1. The molecule has 0 radical (unpaired) electrons. The third kappa shape index (κ3) is 4.17. The van der Waals surface area contributed by atoms with Crippen LogP contribution in [0.3, 0.4) is 0 Å². The van der Waals surface area contributed by atoms with E-state index in [4.69, 9.17) is 11.5 Å². The number of carbonyl (C=O) groups is 3. The average Bonchev–Trinajstić information content (AvgIpc) is 3.09. The molecule has 1 aromatic carbocycles. The molecule has 0 fully saturated rings. The van der Waals surface area contributed by atoms with E-state index in [9.17, 15) is 14.4 Å². The quantitative estimate of drug-likeness (QED) is 0.702. The van der Waals surface area contributed by atoms with Crippen LogP contribution in [0.2, 0.25) is 0 Å². The molecule has 7 nitrogen and oxygen atoms in total. The maximum absolute atomic E-state index is 12.6. The third-order valence-corrected chi connectivity index (χ3v) is 5.72. The van der Waals surface area contributed by atoms with Crippen LogP contribution in [0, 0.1) is 0 Å². The summed E-state index contributed by atoms with van der Waals surface area (Å²) in [4.78, 5) is 39.0. The fourth-order valence-electron chi connectivity index (χ4n) is 3.48. The molecule has 142 valence electrons. The minimum Gasteiger partial charge on any atom is -0.366 e. The van der Waals surface area contributed by atoms with Gasteiger partial charge in [0, 0.05) is 34.3 Å². The number of hydrogen-bond acceptors (Lipinski definition) is 5. The normalized spacial score (nSPS) is 16.6. The molecule has 0 spiro atoms. The first-order chi connectivity index (χ1) is 12.9. The molecule has 1 atom stereocenters. The zero-order valence-electron chi connectivity index (χ0n) is 15.0. The number of nitrogens with one attached hydrogen (secondary N) is 1. The fourth-order valence-corrected chi connectivity index (χ4v) is 4.41. The van der Waals surface area contributed by atoms with Crippen LogP contribution in [0.4, 0.5) is 5.69 Å². The average molecular weight is 386 g/mol. The number of carbonyl (C=O) groups excluding carboxylic acids is 3. The van der Waals surface area contributed by atoms with Crippen molar-refractivity contribution in [3.05, 3.63) is 51.2 Å². The van der Waals surface area contributed by atoms with Crippen LogP contribution in [0.5, 0.6) is 0 Å². The number of thiophene rings is 1. The number of fused-ring (bicyclic) bond motifs is 1. The van der Waals surface area contributed by atoms with E-state index in [1.54, 1.807) is 11.3 Å². The molecule has 2 heterocycles. The SMILES string of the molecule is CC[C@H]1c2ccsc2CCN1CC(=O)Nc1cc(C(N)=O)cc(C(N)=O)c1. The number of benzene rings is 1. The molecule has 1 aromatic heterocycles. The summed E-state index contributed by atoms with van der Waals surface area (Å²) >= 11 is 1.76. The molecule has 0 bridgehead atoms. The Bertz CT molecular complexity index is 861. The van der Waals surface area contributed by atoms with Crippen LogP contribution in [-0.4, -0.2) is 35.7 Å². The lowest BCUT2D eigenvalue weighted by molar-refractivity contribution is -0.118. The van der Waals surface area contributed by atoms with E-state index in [1.807, 2.05) is 0 Å². The number of rotatable bonds is 6. The zero-order chi connectivity index (χ0) is 19.6. The van der Waals surface area contributed by atoms with Crippen molar-refractivity contribution in [3.8, 4) is 0 Å². The van der Waals surface area contributed by atoms with Crippen molar-refractivity contribution in [2.75, 3.05) is 18.4 Å². The molecule has 27 heavy (non-hydrogen) atoms. The highest BCUT2D eigenvalue weighted by Crippen LogP contribution is 2.34. The van der Waals surface area contributed by atoms with Crippen molar-refractivity contribution in [3.63, 3.8) is 0 Å². The van der Waals surface area contributed by atoms with E-state index in [-0.39, 0.29) is 29.6 Å². The monoisotopic (exact) mass is 386 g/mol. The smallest absolute Gasteiger partial charge is 0.248 e. The van der Waals surface area contributed by atoms with Gasteiger partial charge in [0.05, 0.1) is 6.54 Å². The Morgan fingerprint density at radius 3 is 2.44 bits per heavy atom. The van der Waals surface area contributed by atoms with Crippen molar-refractivity contribution in [1.29, 1.82) is 0 Å². The summed E-state index contributed by atoms with van der Waals surface area (Å²) < 4.78 is 0. The molecule has 0 aliphatic carbocycles. The standard InChI is InChI=1S/C19H22N4O3S/c1-2-15-14-4-6-27-16(14)3-5-23(15)10-17(24)22-13-8-11(18(20)25)7-12(9-13)19(21)26/h4,6-9,15H,2-3,5,10H2,1H3,(H2,20,25)(H2,21,26)(H,22,24)/t15-/m0/s1. The maximum atomic E-state index is 12.6. The van der Waals surface area contributed by atoms with Gasteiger partial charge in [0.1, 0.15) is 0 Å². The highest BCUT2D eigenvalue weighted by molar-refractivity contribution is 7.10. The molecule has 2 aromatic rings. The molecule has 1 aliphatic heterocycles. The first-order valence-electron chi connectivity index (χ1n) is 8.74. The highest BCUT2D eigenvalue weighted by atomic mass is 32.1. The predicted molar refractivity (Wildman–Crippen MR) is 105 cm³/mol. The number of nitrogens with two attached hydrogens (primary N) is 2. The fraction of sp³-hybridized carbons (Fsp3) is 0.316. The van der Waals surface area contributed by atoms with Crippen LogP contribution in [-0.2, 0) is 11.2 Å². The maximum Gasteiger partial charge on any atom is 0.248 e. The molecular weight excluding hydrogens is 364 g/mol. The Kier molecular flexibility index (Phi) is 5.57. The second-order valence-electron chi connectivity index (χ2n) is 6.52. The Morgan fingerprint density at radius 1 is 1.19 bits per heavy atom. The molecule has 0 unspecified atom stereocenters. The highest BCUT2D eigenvalue weighted by Gasteiger charge is 2.28. The summed E-state index contributed by atoms with van der Waals surface area (Å²) in [5, 5.41) is 4.84. The van der Waals surface area contributed by atoms with E-state index in [0.29, 0.717) is 5.69 Å². The van der Waals surface area contributed by atoms with Gasteiger partial charge in [-0.05, 0) is 48.1 Å². The van der Waals surface area contributed by atoms with Gasteiger partial charge in [-0.25, -0.2) is 0 Å². The summed E-state index contributed by atoms with van der Waals surface area (Å²) in [5.41, 5.74) is 12.4. The molecule has 3 amide bonds. The number of nitrogens with zero attached hydrogens (tertiary/aromatic N) is 1. The van der Waals surface area contributed by atoms with E-state index < -0.39 is 11.8 Å². The molecule has 8 heteroatoms. The number of amides is 3. The van der Waals surface area contributed by atoms with E-state index >= 15 is 0 Å². The van der Waals surface area contributed by atoms with Crippen LogP contribution in [0.15, 0.2) is 29.6 Å². The van der Waals surface area contributed by atoms with Crippen molar-refractivity contribution < 1.29 is 14.4 Å². The lowest BCUT2D eigenvalue weighted by Crippen LogP contribution is -2.40. The molecule has 1 aliphatic rings. The lowest BCUT2D eigenvalue weighted by Gasteiger charge is -2.34. The lowest BCUT2D eigenvalue weighted by atomic mass is 9.98. The predicted octanol–water partition coefficient (Wildman–Crippen LogP) is 1.89. The molecule has 3 rings (SSSR count). The first-order valence-corrected chi connectivity index (χ1v) is 9.62. The van der Waals surface area contributed by atoms with Gasteiger partial charge in [-0.3, -0.25) is 19.3 Å². The van der Waals surface area contributed by atoms with Gasteiger partial charge in [-0.2, -0.15) is 0 Å². The van der Waals surface area contributed by atoms with E-state index in [2.05, 4.69) is 28.6 Å². The van der Waals surface area contributed by atoms with Gasteiger partial charge >= 0.3 is 0 Å². The van der Waals surface area contributed by atoms with Crippen molar-refractivity contribution in [2.24, 2.45) is 11.5 Å². The first kappa shape index (κ1) is 19.1. The summed E-state index contributed by atoms with van der Waals surface area (Å²) in [5.74, 6) is -1.61. The molecule has 5 N–H and O–H groups in total. The Morgan fingerprint density at radius 2 is 1.85 bits per heavy atom. The van der Waals surface area contributed by atoms with Gasteiger partial charge in [-0.1, -0.05) is 6.92 Å². The van der Waals surface area contributed by atoms with Gasteiger partial charge in [0.15, 0.2) is 0 Å². The number of hydrogen-bond donors (Lipinski definition) is 3. The van der Waals surface area contributed by atoms with Crippen LogP contribution >= 0.6 is 11.3 Å². The van der Waals surface area contributed by atoms with Crippen LogP contribution < -0.4 is 16.8 Å². The molecule has 0 saturated carbocycles. The van der Waals surface area contributed by atoms with Gasteiger partial charge in [-0.15, -0.1) is 11.3 Å². The minimum atomic E-state index is -0.694. The van der Waals surface area contributed by atoms with Crippen molar-refractivity contribution in [1.82, 2.24) is 4.90 Å². The summed E-state index contributed by atoms with van der Waals surface area (Å²) in [7, 11) is 0. The topological polar surface area (TPSA) is 119 Å². The van der Waals surface area contributed by atoms with E-state index in [0.717, 1.165) is 19.4 Å². The second-order valence-corrected chi connectivity index (χ2v) is 7.52. The third-order valence-electron chi connectivity index (χ3n) is 4.72. The molecular formula is C19H22N4O3S. The van der Waals surface area contributed by atoms with Crippen LogP contribution in [0.25, 0.3) is 0 Å². The van der Waals surface area contributed by atoms with Gasteiger partial charge in [0.2, 0.25) is 17.7 Å². The summed E-state index contributed by atoms with van der Waals surface area (Å²) in [6, 6.07) is 6.54. The largest absolute Gasteiger partial charge is 0.366 e. The second kappa shape index (κ2) is 7.89. The Labute approximate surface area is 161 Å². The van der Waals surface area contributed by atoms with Gasteiger partial charge in [0.25, 0.3) is 0 Å². The van der Waals surface area contributed by atoms with Crippen LogP contribution in [0.1, 0.15) is 50.5 Å². The van der Waals surface area contributed by atoms with Gasteiger partial charge < -0.3 is 16.8 Å².